The fraction of sp³-hybridized carbons (Fsp3) is 0.269. The molecule has 1 aliphatic heterocycles. The van der Waals surface area contributed by atoms with E-state index >= 15 is 0 Å². The van der Waals surface area contributed by atoms with Crippen LogP contribution in [0.2, 0.25) is 0 Å². The molecule has 1 heterocycles. The molecule has 158 valence electrons. The third-order valence-electron chi connectivity index (χ3n) is 6.53. The summed E-state index contributed by atoms with van der Waals surface area (Å²) in [6.45, 7) is 2.72. The maximum absolute atomic E-state index is 13.2. The molecule has 1 amide bonds. The van der Waals surface area contributed by atoms with Gasteiger partial charge in [-0.2, -0.15) is 0 Å². The summed E-state index contributed by atoms with van der Waals surface area (Å²) in [6, 6.07) is 23.6. The second-order valence-electron chi connectivity index (χ2n) is 8.45. The lowest BCUT2D eigenvalue weighted by Gasteiger charge is -2.36. The Labute approximate surface area is 191 Å². The van der Waals surface area contributed by atoms with Crippen LogP contribution in [-0.4, -0.2) is 23.7 Å². The van der Waals surface area contributed by atoms with Gasteiger partial charge < -0.3 is 15.3 Å². The Morgan fingerprint density at radius 1 is 1.03 bits per heavy atom. The Bertz CT molecular complexity index is 1100. The number of anilines is 1. The van der Waals surface area contributed by atoms with Gasteiger partial charge in [-0.05, 0) is 54.3 Å². The first-order valence-corrected chi connectivity index (χ1v) is 11.5. The molecule has 0 radical (unpaired) electrons. The highest BCUT2D eigenvalue weighted by molar-refractivity contribution is 9.10. The average Bonchev–Trinajstić information content (AvgIpc) is 3.16. The van der Waals surface area contributed by atoms with Gasteiger partial charge >= 0.3 is 0 Å². The predicted octanol–water partition coefficient (Wildman–Crippen LogP) is 5.35. The summed E-state index contributed by atoms with van der Waals surface area (Å²) in [5.74, 6) is 0.145. The number of aliphatic hydroxyl groups excluding tert-OH is 1. The molecule has 5 heteroatoms. The minimum absolute atomic E-state index is 0.0103. The van der Waals surface area contributed by atoms with Gasteiger partial charge in [0.1, 0.15) is 0 Å². The van der Waals surface area contributed by atoms with Gasteiger partial charge in [0.05, 0.1) is 12.1 Å². The molecule has 0 saturated heterocycles. The first-order chi connectivity index (χ1) is 15.0. The standard InChI is InChI=1S/C26H25BrN2O2/c1-16(17-8-4-2-5-9-17)28-25-22(30)14-19-15-29(26(31)18-10-6-3-7-11-18)21-13-12-20(27)24(25)23(19)21/h2-13,16,19,22,25,28,30H,14-15H2,1H3/t16?,19?,22-,25?/m0/s1. The Balaban J connectivity index is 1.52. The number of nitrogens with one attached hydrogen (secondary N) is 1. The Hall–Kier alpha value is -2.47. The highest BCUT2D eigenvalue weighted by Gasteiger charge is 2.43. The smallest absolute Gasteiger partial charge is 0.258 e. The maximum Gasteiger partial charge on any atom is 0.258 e. The van der Waals surface area contributed by atoms with E-state index < -0.39 is 6.10 Å². The zero-order valence-corrected chi connectivity index (χ0v) is 18.9. The molecule has 4 nitrogen and oxygen atoms in total. The molecule has 2 N–H and O–H groups in total. The third kappa shape index (κ3) is 3.61. The van der Waals surface area contributed by atoms with E-state index in [1.807, 2.05) is 65.6 Å². The zero-order valence-electron chi connectivity index (χ0n) is 17.3. The van der Waals surface area contributed by atoms with E-state index in [0.717, 1.165) is 15.7 Å². The van der Waals surface area contributed by atoms with Crippen LogP contribution in [-0.2, 0) is 0 Å². The summed E-state index contributed by atoms with van der Waals surface area (Å²) in [5, 5.41) is 14.8. The van der Waals surface area contributed by atoms with Crippen molar-refractivity contribution in [1.82, 2.24) is 5.32 Å². The van der Waals surface area contributed by atoms with E-state index in [4.69, 9.17) is 0 Å². The fourth-order valence-corrected chi connectivity index (χ4v) is 5.62. The van der Waals surface area contributed by atoms with Crippen LogP contribution in [0.25, 0.3) is 0 Å². The Kier molecular flexibility index (Phi) is 5.42. The van der Waals surface area contributed by atoms with Gasteiger partial charge in [-0.25, -0.2) is 0 Å². The van der Waals surface area contributed by atoms with Gasteiger partial charge in [0.15, 0.2) is 0 Å². The molecule has 1 aliphatic carbocycles. The largest absolute Gasteiger partial charge is 0.391 e. The third-order valence-corrected chi connectivity index (χ3v) is 7.22. The SMILES string of the molecule is CC(NC1c2c(Br)ccc3c2C(C[C@@H]1O)CN3C(=O)c1ccccc1)c1ccccc1. The molecule has 3 aromatic carbocycles. The van der Waals surface area contributed by atoms with Crippen molar-refractivity contribution in [3.63, 3.8) is 0 Å². The number of hydrogen-bond acceptors (Lipinski definition) is 3. The van der Waals surface area contributed by atoms with E-state index in [9.17, 15) is 9.90 Å². The number of benzene rings is 3. The second kappa shape index (κ2) is 8.23. The number of amides is 1. The highest BCUT2D eigenvalue weighted by Crippen LogP contribution is 2.50. The minimum atomic E-state index is -0.526. The Morgan fingerprint density at radius 3 is 2.42 bits per heavy atom. The lowest BCUT2D eigenvalue weighted by Crippen LogP contribution is -2.39. The fourth-order valence-electron chi connectivity index (χ4n) is 5.03. The number of hydrogen-bond donors (Lipinski definition) is 2. The number of carbonyl (C=O) groups excluding carboxylic acids is 1. The van der Waals surface area contributed by atoms with Crippen LogP contribution in [0.4, 0.5) is 5.69 Å². The van der Waals surface area contributed by atoms with E-state index in [1.165, 1.54) is 11.1 Å². The van der Waals surface area contributed by atoms with Crippen molar-refractivity contribution >= 4 is 27.5 Å². The van der Waals surface area contributed by atoms with E-state index in [-0.39, 0.29) is 23.9 Å². The lowest BCUT2D eigenvalue weighted by atomic mass is 9.79. The number of nitrogens with zero attached hydrogens (tertiary/aromatic N) is 1. The predicted molar refractivity (Wildman–Crippen MR) is 126 cm³/mol. The molecule has 0 fully saturated rings. The second-order valence-corrected chi connectivity index (χ2v) is 9.31. The quantitative estimate of drug-likeness (QED) is 0.533. The number of rotatable bonds is 4. The maximum atomic E-state index is 13.2. The molecule has 0 aromatic heterocycles. The minimum Gasteiger partial charge on any atom is -0.391 e. The molecular formula is C26H25BrN2O2. The van der Waals surface area contributed by atoms with Gasteiger partial charge in [-0.15, -0.1) is 0 Å². The van der Waals surface area contributed by atoms with Crippen LogP contribution in [0.15, 0.2) is 77.3 Å². The Morgan fingerprint density at radius 2 is 1.71 bits per heavy atom. The molecule has 3 aromatic rings. The normalized spacial score (nSPS) is 22.8. The lowest BCUT2D eigenvalue weighted by molar-refractivity contribution is 0.0938. The van der Waals surface area contributed by atoms with Crippen molar-refractivity contribution in [2.75, 3.05) is 11.4 Å². The first-order valence-electron chi connectivity index (χ1n) is 10.7. The van der Waals surface area contributed by atoms with Crippen molar-refractivity contribution in [2.45, 2.75) is 37.5 Å². The first kappa shape index (κ1) is 20.4. The van der Waals surface area contributed by atoms with Crippen molar-refractivity contribution in [1.29, 1.82) is 0 Å². The van der Waals surface area contributed by atoms with Crippen LogP contribution >= 0.6 is 15.9 Å². The molecule has 31 heavy (non-hydrogen) atoms. The van der Waals surface area contributed by atoms with Gasteiger partial charge in [-0.3, -0.25) is 4.79 Å². The van der Waals surface area contributed by atoms with Gasteiger partial charge in [0.25, 0.3) is 5.91 Å². The summed E-state index contributed by atoms with van der Waals surface area (Å²) in [5.41, 5.74) is 5.09. The molecule has 5 rings (SSSR count). The molecule has 0 saturated carbocycles. The summed E-state index contributed by atoms with van der Waals surface area (Å²) in [7, 11) is 0. The van der Waals surface area contributed by atoms with Crippen LogP contribution in [0.3, 0.4) is 0 Å². The molecular weight excluding hydrogens is 452 g/mol. The number of aliphatic hydroxyl groups is 1. The average molecular weight is 477 g/mol. The summed E-state index contributed by atoms with van der Waals surface area (Å²) in [4.78, 5) is 15.1. The van der Waals surface area contributed by atoms with Gasteiger partial charge in [0.2, 0.25) is 0 Å². The summed E-state index contributed by atoms with van der Waals surface area (Å²) in [6.07, 6.45) is 0.107. The molecule has 0 spiro atoms. The van der Waals surface area contributed by atoms with Gasteiger partial charge in [0, 0.05) is 34.2 Å². The van der Waals surface area contributed by atoms with Crippen LogP contribution < -0.4 is 10.2 Å². The molecule has 4 atom stereocenters. The van der Waals surface area contributed by atoms with E-state index in [1.54, 1.807) is 0 Å². The van der Waals surface area contributed by atoms with Crippen LogP contribution in [0, 0.1) is 0 Å². The van der Waals surface area contributed by atoms with Crippen molar-refractivity contribution in [3.05, 3.63) is 99.5 Å². The molecule has 0 bridgehead atoms. The summed E-state index contributed by atoms with van der Waals surface area (Å²) < 4.78 is 0.974. The topological polar surface area (TPSA) is 52.6 Å². The van der Waals surface area contributed by atoms with Gasteiger partial charge in [-0.1, -0.05) is 64.5 Å². The summed E-state index contributed by atoms with van der Waals surface area (Å²) >= 11 is 3.73. The van der Waals surface area contributed by atoms with Crippen molar-refractivity contribution in [3.8, 4) is 0 Å². The van der Waals surface area contributed by atoms with E-state index in [0.29, 0.717) is 18.5 Å². The monoisotopic (exact) mass is 476 g/mol. The number of halogens is 1. The van der Waals surface area contributed by atoms with E-state index in [2.05, 4.69) is 40.3 Å². The van der Waals surface area contributed by atoms with Crippen molar-refractivity contribution in [2.24, 2.45) is 0 Å². The van der Waals surface area contributed by atoms with Crippen LogP contribution in [0.5, 0.6) is 0 Å². The zero-order chi connectivity index (χ0) is 21.5. The highest BCUT2D eigenvalue weighted by atomic mass is 79.9. The molecule has 2 aliphatic rings. The molecule has 3 unspecified atom stereocenters. The number of carbonyl (C=O) groups is 1. The van der Waals surface area contributed by atoms with Crippen molar-refractivity contribution < 1.29 is 9.90 Å². The van der Waals surface area contributed by atoms with Crippen LogP contribution in [0.1, 0.15) is 58.4 Å².